The summed E-state index contributed by atoms with van der Waals surface area (Å²) in [5.41, 5.74) is 0.905. The molecule has 6 heteroatoms. The maximum atomic E-state index is 12.2. The van der Waals surface area contributed by atoms with Gasteiger partial charge in [0, 0.05) is 32.0 Å². The number of H-pyrrole nitrogens is 1. The molecule has 0 saturated carbocycles. The minimum atomic E-state index is -0.207. The zero-order valence-electron chi connectivity index (χ0n) is 12.0. The Morgan fingerprint density at radius 3 is 2.76 bits per heavy atom. The molecule has 1 aromatic heterocycles. The van der Waals surface area contributed by atoms with E-state index in [1.165, 1.54) is 0 Å². The first kappa shape index (κ1) is 13.6. The fraction of sp³-hybridized carbons (Fsp3) is 0.400. The zero-order chi connectivity index (χ0) is 14.8. The second kappa shape index (κ2) is 5.55. The van der Waals surface area contributed by atoms with Crippen LogP contribution in [0.2, 0.25) is 0 Å². The Morgan fingerprint density at radius 2 is 2.05 bits per heavy atom. The first-order chi connectivity index (χ1) is 10.2. The van der Waals surface area contributed by atoms with Gasteiger partial charge in [0.1, 0.15) is 5.82 Å². The molecule has 1 saturated heterocycles. The van der Waals surface area contributed by atoms with Gasteiger partial charge >= 0.3 is 5.69 Å². The minimum absolute atomic E-state index is 0.0138. The molecule has 0 bridgehead atoms. The van der Waals surface area contributed by atoms with Gasteiger partial charge in [0.05, 0.1) is 0 Å². The Morgan fingerprint density at radius 1 is 1.29 bits per heavy atom. The van der Waals surface area contributed by atoms with Crippen LogP contribution in [0.1, 0.15) is 30.7 Å². The average Bonchev–Trinajstić information content (AvgIpc) is 3.03. The molecule has 2 heterocycles. The Kier molecular flexibility index (Phi) is 3.60. The van der Waals surface area contributed by atoms with E-state index >= 15 is 0 Å². The van der Waals surface area contributed by atoms with Crippen LogP contribution >= 0.6 is 0 Å². The summed E-state index contributed by atoms with van der Waals surface area (Å²) in [4.78, 5) is 25.6. The molecule has 0 unspecified atom stereocenters. The van der Waals surface area contributed by atoms with Crippen LogP contribution < -0.4 is 5.69 Å². The van der Waals surface area contributed by atoms with Gasteiger partial charge in [-0.15, -0.1) is 0 Å². The summed E-state index contributed by atoms with van der Waals surface area (Å²) in [6.45, 7) is 3.68. The number of benzene rings is 1. The number of nitrogens with one attached hydrogen (secondary N) is 1. The molecule has 0 aliphatic carbocycles. The van der Waals surface area contributed by atoms with E-state index in [9.17, 15) is 9.59 Å². The summed E-state index contributed by atoms with van der Waals surface area (Å²) >= 11 is 0. The van der Waals surface area contributed by atoms with Crippen molar-refractivity contribution >= 4 is 5.91 Å². The monoisotopic (exact) mass is 286 g/mol. The first-order valence-corrected chi connectivity index (χ1v) is 7.16. The highest BCUT2D eigenvalue weighted by Gasteiger charge is 2.33. The molecule has 0 spiro atoms. The third-order valence-corrected chi connectivity index (χ3v) is 3.90. The third-order valence-electron chi connectivity index (χ3n) is 3.90. The lowest BCUT2D eigenvalue weighted by molar-refractivity contribution is -0.128. The Labute approximate surface area is 122 Å². The van der Waals surface area contributed by atoms with E-state index in [1.54, 1.807) is 4.57 Å². The van der Waals surface area contributed by atoms with Crippen molar-refractivity contribution in [2.45, 2.75) is 32.4 Å². The molecule has 21 heavy (non-hydrogen) atoms. The number of likely N-dealkylation sites (tertiary alicyclic amines) is 1. The maximum absolute atomic E-state index is 12.2. The molecule has 1 aliphatic heterocycles. The molecular formula is C15H18N4O2. The summed E-state index contributed by atoms with van der Waals surface area (Å²) in [6.07, 6.45) is 0.414. The van der Waals surface area contributed by atoms with Crippen LogP contribution in [-0.4, -0.2) is 32.1 Å². The summed E-state index contributed by atoms with van der Waals surface area (Å²) in [7, 11) is 0. The van der Waals surface area contributed by atoms with Crippen molar-refractivity contribution < 1.29 is 4.79 Å². The molecule has 0 radical (unpaired) electrons. The van der Waals surface area contributed by atoms with Crippen molar-refractivity contribution in [1.82, 2.24) is 19.7 Å². The molecule has 1 amide bonds. The first-order valence-electron chi connectivity index (χ1n) is 7.16. The van der Waals surface area contributed by atoms with E-state index in [4.69, 9.17) is 0 Å². The Balaban J connectivity index is 1.77. The van der Waals surface area contributed by atoms with Gasteiger partial charge in [-0.25, -0.2) is 9.89 Å². The van der Waals surface area contributed by atoms with Crippen molar-refractivity contribution in [1.29, 1.82) is 0 Å². The molecule has 1 aromatic carbocycles. The van der Waals surface area contributed by atoms with Crippen LogP contribution in [0.3, 0.4) is 0 Å². The fourth-order valence-electron chi connectivity index (χ4n) is 2.85. The van der Waals surface area contributed by atoms with Gasteiger partial charge in [0.2, 0.25) is 5.91 Å². The SMILES string of the molecule is CCn1c([C@H]2CC(=O)N(Cc3ccccc3)C2)n[nH]c1=O. The van der Waals surface area contributed by atoms with E-state index in [1.807, 2.05) is 42.2 Å². The highest BCUT2D eigenvalue weighted by molar-refractivity contribution is 5.79. The summed E-state index contributed by atoms with van der Waals surface area (Å²) < 4.78 is 1.60. The van der Waals surface area contributed by atoms with Crippen molar-refractivity contribution in [3.8, 4) is 0 Å². The van der Waals surface area contributed by atoms with Gasteiger partial charge in [-0.1, -0.05) is 30.3 Å². The van der Waals surface area contributed by atoms with Gasteiger partial charge < -0.3 is 4.90 Å². The van der Waals surface area contributed by atoms with Crippen LogP contribution in [0.25, 0.3) is 0 Å². The van der Waals surface area contributed by atoms with E-state index in [2.05, 4.69) is 10.2 Å². The predicted octanol–water partition coefficient (Wildman–Crippen LogP) is 1.11. The summed E-state index contributed by atoms with van der Waals surface area (Å²) in [6, 6.07) is 9.92. The van der Waals surface area contributed by atoms with Gasteiger partial charge in [-0.05, 0) is 12.5 Å². The van der Waals surface area contributed by atoms with E-state index < -0.39 is 0 Å². The number of aromatic amines is 1. The van der Waals surface area contributed by atoms with Gasteiger partial charge in [-0.2, -0.15) is 5.10 Å². The number of aromatic nitrogens is 3. The minimum Gasteiger partial charge on any atom is -0.338 e. The lowest BCUT2D eigenvalue weighted by Crippen LogP contribution is -2.25. The topological polar surface area (TPSA) is 71.0 Å². The Bertz CT molecular complexity index is 689. The number of carbonyl (C=O) groups is 1. The van der Waals surface area contributed by atoms with Crippen LogP contribution in [0.15, 0.2) is 35.1 Å². The molecule has 2 aromatic rings. The average molecular weight is 286 g/mol. The standard InChI is InChI=1S/C15H18N4O2/c1-2-19-14(16-17-15(19)21)12-8-13(20)18(10-12)9-11-6-4-3-5-7-11/h3-7,12H,2,8-10H2,1H3,(H,17,21)/t12-/m0/s1. The van der Waals surface area contributed by atoms with Crippen LogP contribution in [0.4, 0.5) is 0 Å². The molecule has 3 rings (SSSR count). The van der Waals surface area contributed by atoms with Gasteiger partial charge in [0.25, 0.3) is 0 Å². The summed E-state index contributed by atoms with van der Waals surface area (Å²) in [5.74, 6) is 0.786. The quantitative estimate of drug-likeness (QED) is 0.915. The number of carbonyl (C=O) groups excluding carboxylic acids is 1. The molecule has 1 fully saturated rings. The largest absolute Gasteiger partial charge is 0.343 e. The fourth-order valence-corrected chi connectivity index (χ4v) is 2.85. The molecule has 1 N–H and O–H groups in total. The third kappa shape index (κ3) is 2.61. The lowest BCUT2D eigenvalue weighted by Gasteiger charge is -2.16. The number of hydrogen-bond donors (Lipinski definition) is 1. The number of rotatable bonds is 4. The van der Waals surface area contributed by atoms with Crippen LogP contribution in [0.5, 0.6) is 0 Å². The van der Waals surface area contributed by atoms with Crippen LogP contribution in [-0.2, 0) is 17.9 Å². The number of amides is 1. The molecule has 1 aliphatic rings. The van der Waals surface area contributed by atoms with Crippen molar-refractivity contribution in [3.05, 3.63) is 52.2 Å². The number of hydrogen-bond acceptors (Lipinski definition) is 3. The van der Waals surface area contributed by atoms with Crippen LogP contribution in [0, 0.1) is 0 Å². The normalized spacial score (nSPS) is 18.4. The highest BCUT2D eigenvalue weighted by atomic mass is 16.2. The van der Waals surface area contributed by atoms with Crippen molar-refractivity contribution in [2.24, 2.45) is 0 Å². The highest BCUT2D eigenvalue weighted by Crippen LogP contribution is 2.27. The van der Waals surface area contributed by atoms with E-state index in [-0.39, 0.29) is 17.5 Å². The van der Waals surface area contributed by atoms with Crippen molar-refractivity contribution in [3.63, 3.8) is 0 Å². The number of nitrogens with zero attached hydrogens (tertiary/aromatic N) is 3. The Hall–Kier alpha value is -2.37. The van der Waals surface area contributed by atoms with Gasteiger partial charge in [0.15, 0.2) is 0 Å². The van der Waals surface area contributed by atoms with Gasteiger partial charge in [-0.3, -0.25) is 9.36 Å². The van der Waals surface area contributed by atoms with E-state index in [0.717, 1.165) is 5.56 Å². The second-order valence-electron chi connectivity index (χ2n) is 5.29. The molecular weight excluding hydrogens is 268 g/mol. The molecule has 1 atom stereocenters. The zero-order valence-corrected chi connectivity index (χ0v) is 12.0. The predicted molar refractivity (Wildman–Crippen MR) is 77.7 cm³/mol. The molecule has 6 nitrogen and oxygen atoms in total. The lowest BCUT2D eigenvalue weighted by atomic mass is 10.1. The summed E-state index contributed by atoms with van der Waals surface area (Å²) in [5, 5.41) is 6.56. The molecule has 110 valence electrons. The van der Waals surface area contributed by atoms with E-state index in [0.29, 0.717) is 31.9 Å². The second-order valence-corrected chi connectivity index (χ2v) is 5.29. The van der Waals surface area contributed by atoms with Crippen molar-refractivity contribution in [2.75, 3.05) is 6.54 Å². The maximum Gasteiger partial charge on any atom is 0.343 e. The smallest absolute Gasteiger partial charge is 0.338 e.